The van der Waals surface area contributed by atoms with E-state index in [-0.39, 0.29) is 67.7 Å². The van der Waals surface area contributed by atoms with Crippen LogP contribution in [0.4, 0.5) is 10.2 Å². The van der Waals surface area contributed by atoms with Crippen molar-refractivity contribution in [2.45, 2.75) is 57.8 Å². The third-order valence-electron chi connectivity index (χ3n) is 7.33. The van der Waals surface area contributed by atoms with Crippen LogP contribution in [0.25, 0.3) is 22.3 Å². The Balaban J connectivity index is 0.00000384. The molecule has 2 heterocycles. The van der Waals surface area contributed by atoms with Crippen LogP contribution in [0.1, 0.15) is 67.1 Å². The number of esters is 1. The van der Waals surface area contributed by atoms with Crippen molar-refractivity contribution in [3.8, 4) is 22.3 Å². The van der Waals surface area contributed by atoms with E-state index in [1.165, 1.54) is 37.6 Å². The molecule has 1 amide bonds. The maximum Gasteiger partial charge on any atom is 1.00 e. The molecule has 0 saturated heterocycles. The molecule has 2 atom stereocenters. The molecule has 4 aromatic rings. The summed E-state index contributed by atoms with van der Waals surface area (Å²) < 4.78 is 20.7. The molecule has 0 bridgehead atoms. The second-order valence-corrected chi connectivity index (χ2v) is 10.9. The summed E-state index contributed by atoms with van der Waals surface area (Å²) in [5, 5.41) is 32.7. The molecular weight excluding hydrogens is 604 g/mol. The van der Waals surface area contributed by atoms with Gasteiger partial charge in [0.25, 0.3) is 5.91 Å². The van der Waals surface area contributed by atoms with Crippen LogP contribution in [-0.2, 0) is 16.0 Å². The number of hydrogen-bond acceptors (Lipinski definition) is 7. The van der Waals surface area contributed by atoms with Gasteiger partial charge in [0, 0.05) is 29.1 Å². The van der Waals surface area contributed by atoms with Gasteiger partial charge in [0.15, 0.2) is 0 Å². The number of halogens is 1. The molecule has 4 rings (SSSR count). The van der Waals surface area contributed by atoms with Crippen molar-refractivity contribution >= 4 is 23.7 Å². The number of aliphatic carboxylic acids is 1. The van der Waals surface area contributed by atoms with E-state index in [0.717, 1.165) is 5.56 Å². The summed E-state index contributed by atoms with van der Waals surface area (Å²) in [5.41, 5.74) is 3.88. The molecule has 2 aromatic carbocycles. The van der Waals surface area contributed by atoms with Crippen LogP contribution in [0.15, 0.2) is 72.9 Å². The predicted molar refractivity (Wildman–Crippen MR) is 167 cm³/mol. The van der Waals surface area contributed by atoms with Crippen LogP contribution < -0.4 is 34.9 Å². The monoisotopic (exact) mass is 641 g/mol. The second kappa shape index (κ2) is 16.6. The number of benzene rings is 2. The molecule has 0 aliphatic rings. The molecule has 0 aliphatic heterocycles. The Bertz CT molecular complexity index is 1650. The van der Waals surface area contributed by atoms with E-state index in [4.69, 9.17) is 9.84 Å². The number of methoxy groups -OCH3 is 1. The van der Waals surface area contributed by atoms with Gasteiger partial charge < -0.3 is 31.4 Å². The molecule has 4 N–H and O–H groups in total. The van der Waals surface area contributed by atoms with Crippen LogP contribution in [0, 0.1) is 5.82 Å². The van der Waals surface area contributed by atoms with Gasteiger partial charge in [-0.1, -0.05) is 42.5 Å². The number of nitrogens with zero attached hydrogens (tertiary/aromatic N) is 2. The van der Waals surface area contributed by atoms with E-state index in [1.807, 2.05) is 48.7 Å². The number of anilines is 1. The first kappa shape index (κ1) is 36.6. The Morgan fingerprint density at radius 3 is 2.17 bits per heavy atom. The SMILES string of the molecule is COC(=O)c1ccc(NC(=O)c2c(-c3ccccc3)c(-c3ccc(F)cc3)c(CCC(O)CC(O)CC(=O)O)n2C(C)C)nc1.[H-].[Na+]. The Morgan fingerprint density at radius 2 is 1.61 bits per heavy atom. The maximum absolute atomic E-state index is 14.2. The first-order chi connectivity index (χ1) is 21.5. The Morgan fingerprint density at radius 1 is 0.957 bits per heavy atom. The number of carboxylic acid groups (broad SMARTS) is 1. The third-order valence-corrected chi connectivity index (χ3v) is 7.33. The fourth-order valence-corrected chi connectivity index (χ4v) is 5.39. The van der Waals surface area contributed by atoms with E-state index in [9.17, 15) is 29.0 Å². The number of aliphatic hydroxyl groups is 2. The van der Waals surface area contributed by atoms with Crippen molar-refractivity contribution in [1.29, 1.82) is 0 Å². The first-order valence-corrected chi connectivity index (χ1v) is 14.5. The number of nitrogens with one attached hydrogen (secondary N) is 1. The molecule has 0 aliphatic carbocycles. The maximum atomic E-state index is 14.2. The third kappa shape index (κ3) is 8.89. The van der Waals surface area contributed by atoms with Gasteiger partial charge in [0.1, 0.15) is 17.3 Å². The second-order valence-electron chi connectivity index (χ2n) is 10.9. The number of rotatable bonds is 13. The topological polar surface area (TPSA) is 151 Å². The quantitative estimate of drug-likeness (QED) is 0.129. The summed E-state index contributed by atoms with van der Waals surface area (Å²) in [5.74, 6) is -2.43. The average Bonchev–Trinajstić information content (AvgIpc) is 3.36. The van der Waals surface area contributed by atoms with Crippen LogP contribution in [0.5, 0.6) is 0 Å². The van der Waals surface area contributed by atoms with Gasteiger partial charge in [0.2, 0.25) is 0 Å². The van der Waals surface area contributed by atoms with Crippen LogP contribution in [0.3, 0.4) is 0 Å². The molecule has 0 fully saturated rings. The van der Waals surface area contributed by atoms with Gasteiger partial charge in [-0.15, -0.1) is 0 Å². The summed E-state index contributed by atoms with van der Waals surface area (Å²) >= 11 is 0. The molecule has 0 saturated carbocycles. The van der Waals surface area contributed by atoms with Crippen LogP contribution in [0.2, 0.25) is 0 Å². The summed E-state index contributed by atoms with van der Waals surface area (Å²) in [4.78, 5) is 41.3. The molecule has 0 spiro atoms. The number of aromatic nitrogens is 2. The van der Waals surface area contributed by atoms with Gasteiger partial charge in [-0.3, -0.25) is 9.59 Å². The number of carboxylic acids is 1. The van der Waals surface area contributed by atoms with Crippen molar-refractivity contribution in [1.82, 2.24) is 9.55 Å². The summed E-state index contributed by atoms with van der Waals surface area (Å²) in [6.07, 6.45) is -1.14. The summed E-state index contributed by atoms with van der Waals surface area (Å²) in [6, 6.07) is 18.0. The Labute approximate surface area is 290 Å². The molecular formula is C34H37FN3NaO7. The minimum absolute atomic E-state index is 0. The zero-order chi connectivity index (χ0) is 32.7. The number of pyridine rings is 1. The molecule has 2 unspecified atom stereocenters. The van der Waals surface area contributed by atoms with Gasteiger partial charge in [0.05, 0.1) is 31.3 Å². The fraction of sp³-hybridized carbons (Fsp3) is 0.294. The van der Waals surface area contributed by atoms with Gasteiger partial charge in [-0.25, -0.2) is 14.2 Å². The zero-order valence-corrected chi connectivity index (χ0v) is 28.2. The molecule has 238 valence electrons. The molecule has 2 aromatic heterocycles. The van der Waals surface area contributed by atoms with E-state index < -0.39 is 42.3 Å². The molecule has 12 heteroatoms. The zero-order valence-electron chi connectivity index (χ0n) is 27.2. The number of ether oxygens (including phenoxy) is 1. The van der Waals surface area contributed by atoms with Gasteiger partial charge in [-0.05, 0) is 68.5 Å². The van der Waals surface area contributed by atoms with E-state index in [0.29, 0.717) is 28.1 Å². The smallest absolute Gasteiger partial charge is 1.00 e. The molecule has 0 radical (unpaired) electrons. The number of hydrogen-bond donors (Lipinski definition) is 4. The van der Waals surface area contributed by atoms with Crippen molar-refractivity contribution in [3.05, 3.63) is 95.7 Å². The van der Waals surface area contributed by atoms with Gasteiger partial charge in [-0.2, -0.15) is 0 Å². The molecule has 10 nitrogen and oxygen atoms in total. The summed E-state index contributed by atoms with van der Waals surface area (Å²) in [6.45, 7) is 3.83. The van der Waals surface area contributed by atoms with E-state index >= 15 is 0 Å². The fourth-order valence-electron chi connectivity index (χ4n) is 5.39. The predicted octanol–water partition coefficient (Wildman–Crippen LogP) is 2.61. The normalized spacial score (nSPS) is 12.2. The Kier molecular flexibility index (Phi) is 13.2. The molecule has 46 heavy (non-hydrogen) atoms. The van der Waals surface area contributed by atoms with Crippen molar-refractivity contribution < 1.29 is 69.8 Å². The number of carbonyl (C=O) groups is 3. The van der Waals surface area contributed by atoms with Crippen molar-refractivity contribution in [2.24, 2.45) is 0 Å². The van der Waals surface area contributed by atoms with Gasteiger partial charge >= 0.3 is 41.5 Å². The number of aliphatic hydroxyl groups excluding tert-OH is 2. The average molecular weight is 642 g/mol. The standard InChI is InChI=1S/C34H36FN3O7.Na.H/c1-20(2)38-27(15-14-25(39)17-26(40)18-29(41)42)30(22-9-12-24(35)13-10-22)31(21-7-5-4-6-8-21)32(38)33(43)37-28-16-11-23(19-36-28)34(44)45-3;;/h4-13,16,19-20,25-26,39-40H,14-15,17-18H2,1-3H3,(H,41,42)(H,36,37,43);;/q;+1;-1. The van der Waals surface area contributed by atoms with E-state index in [2.05, 4.69) is 10.3 Å². The first-order valence-electron chi connectivity index (χ1n) is 14.5. The summed E-state index contributed by atoms with van der Waals surface area (Å²) in [7, 11) is 1.26. The Hall–Kier alpha value is -3.87. The van der Waals surface area contributed by atoms with E-state index in [1.54, 1.807) is 12.1 Å². The minimum atomic E-state index is -1.22. The largest absolute Gasteiger partial charge is 1.00 e. The van der Waals surface area contributed by atoms with Crippen LogP contribution in [-0.4, -0.2) is 62.0 Å². The van der Waals surface area contributed by atoms with Crippen LogP contribution >= 0.6 is 0 Å². The van der Waals surface area contributed by atoms with Crippen molar-refractivity contribution in [3.63, 3.8) is 0 Å². The minimum Gasteiger partial charge on any atom is -1.00 e. The number of amides is 1. The number of carbonyl (C=O) groups excluding carboxylic acids is 2. The van der Waals surface area contributed by atoms with Crippen molar-refractivity contribution in [2.75, 3.05) is 12.4 Å².